The second-order valence-corrected chi connectivity index (χ2v) is 6.31. The molecule has 0 spiro atoms. The number of aliphatic hydroxyl groups is 1. The molecule has 0 atom stereocenters. The Balaban J connectivity index is 2.05. The fourth-order valence-electron chi connectivity index (χ4n) is 1.64. The molecule has 3 nitrogen and oxygen atoms in total. The van der Waals surface area contributed by atoms with Gasteiger partial charge in [-0.15, -0.1) is 11.3 Å². The lowest BCUT2D eigenvalue weighted by Gasteiger charge is -2.13. The van der Waals surface area contributed by atoms with E-state index in [0.717, 1.165) is 22.0 Å². The molecule has 1 N–H and O–H groups in total. The second kappa shape index (κ2) is 5.72. The molecule has 1 heterocycles. The predicted octanol–water partition coefficient (Wildman–Crippen LogP) is 3.51. The number of hydrogen-bond acceptors (Lipinski definition) is 4. The third kappa shape index (κ3) is 3.55. The van der Waals surface area contributed by atoms with Crippen molar-refractivity contribution in [2.75, 3.05) is 0 Å². The molecule has 0 bridgehead atoms. The average Bonchev–Trinajstić information content (AvgIpc) is 2.85. The van der Waals surface area contributed by atoms with E-state index in [1.54, 1.807) is 11.3 Å². The monoisotopic (exact) mass is 277 g/mol. The Hall–Kier alpha value is -1.39. The van der Waals surface area contributed by atoms with E-state index in [0.29, 0.717) is 6.61 Å². The van der Waals surface area contributed by atoms with Crippen LogP contribution in [0.15, 0.2) is 29.6 Å². The van der Waals surface area contributed by atoms with Crippen LogP contribution in [0.1, 0.15) is 37.0 Å². The van der Waals surface area contributed by atoms with Crippen LogP contribution >= 0.6 is 11.3 Å². The van der Waals surface area contributed by atoms with Gasteiger partial charge in [-0.05, 0) is 6.07 Å². The Bertz CT molecular complexity index is 543. The molecule has 0 radical (unpaired) electrons. The van der Waals surface area contributed by atoms with E-state index in [1.807, 2.05) is 29.6 Å². The number of hydrogen-bond donors (Lipinski definition) is 1. The number of para-hydroxylation sites is 1. The zero-order valence-electron chi connectivity index (χ0n) is 11.5. The maximum absolute atomic E-state index is 9.23. The predicted molar refractivity (Wildman–Crippen MR) is 77.5 cm³/mol. The molecule has 0 unspecified atom stereocenters. The highest BCUT2D eigenvalue weighted by Gasteiger charge is 2.18. The van der Waals surface area contributed by atoms with Gasteiger partial charge < -0.3 is 9.84 Å². The van der Waals surface area contributed by atoms with Crippen LogP contribution in [0.5, 0.6) is 5.75 Å². The topological polar surface area (TPSA) is 42.4 Å². The third-order valence-corrected chi connectivity index (χ3v) is 4.03. The lowest BCUT2D eigenvalue weighted by atomic mass is 9.98. The van der Waals surface area contributed by atoms with Crippen molar-refractivity contribution in [1.29, 1.82) is 0 Å². The van der Waals surface area contributed by atoms with Gasteiger partial charge in [0.1, 0.15) is 12.4 Å². The first-order valence-electron chi connectivity index (χ1n) is 6.27. The van der Waals surface area contributed by atoms with Crippen LogP contribution in [0.2, 0.25) is 0 Å². The lowest BCUT2D eigenvalue weighted by Crippen LogP contribution is -2.10. The van der Waals surface area contributed by atoms with Crippen molar-refractivity contribution in [3.63, 3.8) is 0 Å². The van der Waals surface area contributed by atoms with Crippen molar-refractivity contribution >= 4 is 11.3 Å². The van der Waals surface area contributed by atoms with Gasteiger partial charge in [-0.1, -0.05) is 39.0 Å². The van der Waals surface area contributed by atoms with E-state index in [4.69, 9.17) is 4.74 Å². The van der Waals surface area contributed by atoms with Gasteiger partial charge in [-0.3, -0.25) is 0 Å². The molecule has 0 saturated carbocycles. The summed E-state index contributed by atoms with van der Waals surface area (Å²) in [5, 5.41) is 12.4. The van der Waals surface area contributed by atoms with E-state index in [2.05, 4.69) is 25.8 Å². The Kier molecular flexibility index (Phi) is 4.22. The van der Waals surface area contributed by atoms with Crippen LogP contribution < -0.4 is 4.74 Å². The van der Waals surface area contributed by atoms with E-state index in [1.165, 1.54) is 0 Å². The van der Waals surface area contributed by atoms with E-state index in [9.17, 15) is 5.11 Å². The number of rotatable bonds is 4. The molecule has 2 rings (SSSR count). The molecule has 0 saturated heterocycles. The molecule has 0 aliphatic carbocycles. The van der Waals surface area contributed by atoms with Gasteiger partial charge in [-0.2, -0.15) is 0 Å². The standard InChI is InChI=1S/C15H19NO2S/c1-15(2,3)14-16-12(10-19-14)9-18-13-7-5-4-6-11(13)8-17/h4-7,10,17H,8-9H2,1-3H3. The highest BCUT2D eigenvalue weighted by atomic mass is 32.1. The Morgan fingerprint density at radius 1 is 1.26 bits per heavy atom. The fourth-order valence-corrected chi connectivity index (χ4v) is 2.54. The summed E-state index contributed by atoms with van der Waals surface area (Å²) in [6, 6.07) is 7.51. The number of ether oxygens (including phenoxy) is 1. The van der Waals surface area contributed by atoms with E-state index in [-0.39, 0.29) is 12.0 Å². The summed E-state index contributed by atoms with van der Waals surface area (Å²) in [7, 11) is 0. The van der Waals surface area contributed by atoms with E-state index < -0.39 is 0 Å². The second-order valence-electron chi connectivity index (χ2n) is 5.45. The van der Waals surface area contributed by atoms with Crippen LogP contribution in [-0.2, 0) is 18.6 Å². The van der Waals surface area contributed by atoms with Gasteiger partial charge in [0.05, 0.1) is 17.3 Å². The SMILES string of the molecule is CC(C)(C)c1nc(COc2ccccc2CO)cs1. The van der Waals surface area contributed by atoms with Crippen molar-refractivity contribution in [2.45, 2.75) is 39.4 Å². The number of aliphatic hydroxyl groups excluding tert-OH is 1. The van der Waals surface area contributed by atoms with E-state index >= 15 is 0 Å². The zero-order chi connectivity index (χ0) is 13.9. The summed E-state index contributed by atoms with van der Waals surface area (Å²) >= 11 is 1.66. The van der Waals surface area contributed by atoms with Crippen molar-refractivity contribution in [3.05, 3.63) is 45.9 Å². The normalized spacial score (nSPS) is 11.6. The molecule has 2 aromatic rings. The summed E-state index contributed by atoms with van der Waals surface area (Å²) < 4.78 is 5.72. The molecule has 0 amide bonds. The van der Waals surface area contributed by atoms with Gasteiger partial charge in [-0.25, -0.2) is 4.98 Å². The first-order chi connectivity index (χ1) is 9.00. The molecule has 0 aliphatic heterocycles. The van der Waals surface area contributed by atoms with Crippen molar-refractivity contribution in [3.8, 4) is 5.75 Å². The van der Waals surface area contributed by atoms with Gasteiger partial charge in [0.2, 0.25) is 0 Å². The molecule has 1 aromatic heterocycles. The third-order valence-electron chi connectivity index (χ3n) is 2.71. The molecule has 4 heteroatoms. The molecule has 0 fully saturated rings. The van der Waals surface area contributed by atoms with Gasteiger partial charge >= 0.3 is 0 Å². The molecule has 19 heavy (non-hydrogen) atoms. The molecule has 0 aliphatic rings. The summed E-state index contributed by atoms with van der Waals surface area (Å²) in [4.78, 5) is 4.58. The quantitative estimate of drug-likeness (QED) is 0.930. The van der Waals surface area contributed by atoms with Crippen LogP contribution in [-0.4, -0.2) is 10.1 Å². The first kappa shape index (κ1) is 14.0. The Morgan fingerprint density at radius 2 is 2.00 bits per heavy atom. The highest BCUT2D eigenvalue weighted by Crippen LogP contribution is 2.26. The molecule has 102 valence electrons. The number of nitrogens with zero attached hydrogens (tertiary/aromatic N) is 1. The van der Waals surface area contributed by atoms with Crippen molar-refractivity contribution < 1.29 is 9.84 Å². The zero-order valence-corrected chi connectivity index (χ0v) is 12.3. The minimum absolute atomic E-state index is 0.0134. The lowest BCUT2D eigenvalue weighted by molar-refractivity contribution is 0.257. The van der Waals surface area contributed by atoms with Gasteiger partial charge in [0.25, 0.3) is 0 Å². The summed E-state index contributed by atoms with van der Waals surface area (Å²) in [5.41, 5.74) is 1.81. The summed E-state index contributed by atoms with van der Waals surface area (Å²) in [5.74, 6) is 0.718. The minimum Gasteiger partial charge on any atom is -0.487 e. The molecular weight excluding hydrogens is 258 g/mol. The minimum atomic E-state index is -0.0134. The van der Waals surface area contributed by atoms with Gasteiger partial charge in [0.15, 0.2) is 0 Å². The highest BCUT2D eigenvalue weighted by molar-refractivity contribution is 7.09. The van der Waals surface area contributed by atoms with Gasteiger partial charge in [0, 0.05) is 16.4 Å². The Morgan fingerprint density at radius 3 is 2.63 bits per heavy atom. The fraction of sp³-hybridized carbons (Fsp3) is 0.400. The number of benzene rings is 1. The van der Waals surface area contributed by atoms with Crippen LogP contribution in [0.4, 0.5) is 0 Å². The summed E-state index contributed by atoms with van der Waals surface area (Å²) in [6.07, 6.45) is 0. The average molecular weight is 277 g/mol. The maximum Gasteiger partial charge on any atom is 0.131 e. The largest absolute Gasteiger partial charge is 0.487 e. The maximum atomic E-state index is 9.23. The number of thiazole rings is 1. The van der Waals surface area contributed by atoms with Crippen molar-refractivity contribution in [1.82, 2.24) is 4.98 Å². The van der Waals surface area contributed by atoms with Crippen molar-refractivity contribution in [2.24, 2.45) is 0 Å². The smallest absolute Gasteiger partial charge is 0.131 e. The number of aromatic nitrogens is 1. The van der Waals surface area contributed by atoms with Crippen LogP contribution in [0, 0.1) is 0 Å². The van der Waals surface area contributed by atoms with Crippen LogP contribution in [0.3, 0.4) is 0 Å². The molecule has 1 aromatic carbocycles. The summed E-state index contributed by atoms with van der Waals surface area (Å²) in [6.45, 7) is 6.87. The Labute approximate surface area is 117 Å². The van der Waals surface area contributed by atoms with Crippen LogP contribution in [0.25, 0.3) is 0 Å². The first-order valence-corrected chi connectivity index (χ1v) is 7.15. The molecular formula is C15H19NO2S.